The second-order valence-corrected chi connectivity index (χ2v) is 4.73. The van der Waals surface area contributed by atoms with E-state index >= 15 is 0 Å². The molecule has 2 aromatic rings. The summed E-state index contributed by atoms with van der Waals surface area (Å²) in [4.78, 5) is 15.9. The van der Waals surface area contributed by atoms with Gasteiger partial charge in [0.05, 0.1) is 12.6 Å². The second-order valence-electron chi connectivity index (χ2n) is 4.73. The first-order valence-electron chi connectivity index (χ1n) is 6.23. The Morgan fingerprint density at radius 1 is 1.33 bits per heavy atom. The molecule has 0 fully saturated rings. The average molecular weight is 315 g/mol. The van der Waals surface area contributed by atoms with E-state index in [1.807, 2.05) is 19.0 Å². The molecule has 116 valence electrons. The van der Waals surface area contributed by atoms with Crippen LogP contribution in [0, 0.1) is 0 Å². The van der Waals surface area contributed by atoms with Crippen molar-refractivity contribution in [3.8, 4) is 11.5 Å². The number of nitrogens with one attached hydrogen (secondary N) is 1. The summed E-state index contributed by atoms with van der Waals surface area (Å²) < 4.78 is 10.9. The summed E-state index contributed by atoms with van der Waals surface area (Å²) in [5, 5.41) is 9.79. The molecule has 0 saturated carbocycles. The van der Waals surface area contributed by atoms with Gasteiger partial charge in [-0.1, -0.05) is 0 Å². The minimum atomic E-state index is -1.00. The lowest BCUT2D eigenvalue weighted by Crippen LogP contribution is -2.19. The largest absolute Gasteiger partial charge is 0.497 e. The summed E-state index contributed by atoms with van der Waals surface area (Å²) in [6, 6.07) is 5.09. The van der Waals surface area contributed by atoms with Crippen molar-refractivity contribution in [3.05, 3.63) is 23.9 Å². The third kappa shape index (κ3) is 4.03. The van der Waals surface area contributed by atoms with E-state index in [1.165, 1.54) is 0 Å². The van der Waals surface area contributed by atoms with E-state index in [0.717, 1.165) is 11.9 Å². The van der Waals surface area contributed by atoms with Crippen molar-refractivity contribution in [3.63, 3.8) is 0 Å². The summed E-state index contributed by atoms with van der Waals surface area (Å²) in [6.45, 7) is 1.28. The van der Waals surface area contributed by atoms with Gasteiger partial charge in [-0.2, -0.15) is 0 Å². The van der Waals surface area contributed by atoms with E-state index in [2.05, 4.69) is 4.98 Å². The molecule has 0 unspecified atom stereocenters. The van der Waals surface area contributed by atoms with E-state index in [9.17, 15) is 4.79 Å². The monoisotopic (exact) mass is 314 g/mol. The molecule has 0 aliphatic rings. The molecule has 0 amide bonds. The number of H-pyrrole nitrogens is 1. The van der Waals surface area contributed by atoms with Crippen LogP contribution in [-0.2, 0) is 0 Å². The van der Waals surface area contributed by atoms with Crippen LogP contribution in [-0.4, -0.2) is 55.3 Å². The molecule has 7 heteroatoms. The minimum absolute atomic E-state index is 0. The summed E-state index contributed by atoms with van der Waals surface area (Å²) in [5.74, 6) is 0.224. The molecule has 6 nitrogen and oxygen atoms in total. The van der Waals surface area contributed by atoms with Crippen LogP contribution in [0.15, 0.2) is 18.2 Å². The molecule has 0 atom stereocenters. The Bertz CT molecular complexity index is 625. The Hall–Kier alpha value is -1.92. The lowest BCUT2D eigenvalue weighted by Gasteiger charge is -2.12. The second kappa shape index (κ2) is 7.19. The van der Waals surface area contributed by atoms with Gasteiger partial charge in [-0.05, 0) is 26.2 Å². The number of carboxylic acids is 1. The number of fused-ring (bicyclic) bond motifs is 1. The van der Waals surface area contributed by atoms with Gasteiger partial charge in [0, 0.05) is 18.0 Å². The average Bonchev–Trinajstić information content (AvgIpc) is 2.82. The highest BCUT2D eigenvalue weighted by molar-refractivity contribution is 5.96. The van der Waals surface area contributed by atoms with Crippen molar-refractivity contribution in [1.82, 2.24) is 9.88 Å². The van der Waals surface area contributed by atoms with Gasteiger partial charge in [0.25, 0.3) is 0 Å². The number of aromatic amines is 1. The van der Waals surface area contributed by atoms with Crippen molar-refractivity contribution in [1.29, 1.82) is 0 Å². The molecule has 0 aliphatic heterocycles. The molecule has 1 aromatic carbocycles. The quantitative estimate of drug-likeness (QED) is 0.855. The fraction of sp³-hybridized carbons (Fsp3) is 0.357. The van der Waals surface area contributed by atoms with Crippen molar-refractivity contribution in [2.45, 2.75) is 0 Å². The molecule has 0 radical (unpaired) electrons. The van der Waals surface area contributed by atoms with Crippen LogP contribution < -0.4 is 9.47 Å². The lowest BCUT2D eigenvalue weighted by atomic mass is 10.2. The smallest absolute Gasteiger partial charge is 0.352 e. The van der Waals surface area contributed by atoms with Gasteiger partial charge < -0.3 is 24.5 Å². The van der Waals surface area contributed by atoms with Gasteiger partial charge in [-0.25, -0.2) is 4.79 Å². The maximum atomic E-state index is 11.0. The van der Waals surface area contributed by atoms with Crippen LogP contribution in [0.1, 0.15) is 10.5 Å². The first-order valence-corrected chi connectivity index (χ1v) is 6.23. The van der Waals surface area contributed by atoms with E-state index < -0.39 is 5.97 Å². The van der Waals surface area contributed by atoms with E-state index in [0.29, 0.717) is 23.6 Å². The number of ether oxygens (including phenoxy) is 2. The molecule has 0 saturated heterocycles. The summed E-state index contributed by atoms with van der Waals surface area (Å²) in [6.07, 6.45) is 0. The molecule has 0 spiro atoms. The van der Waals surface area contributed by atoms with E-state index in [1.54, 1.807) is 25.3 Å². The number of methoxy groups -OCH3 is 1. The Morgan fingerprint density at radius 3 is 2.62 bits per heavy atom. The number of hydrogen-bond acceptors (Lipinski definition) is 4. The van der Waals surface area contributed by atoms with Crippen LogP contribution in [0.4, 0.5) is 0 Å². The number of rotatable bonds is 6. The number of hydrogen-bond donors (Lipinski definition) is 2. The Balaban J connectivity index is 0.00000220. The zero-order valence-electron chi connectivity index (χ0n) is 12.2. The number of aromatic nitrogens is 1. The Labute approximate surface area is 129 Å². The maximum Gasteiger partial charge on any atom is 0.352 e. The van der Waals surface area contributed by atoms with Gasteiger partial charge in [-0.15, -0.1) is 12.4 Å². The van der Waals surface area contributed by atoms with E-state index in [4.69, 9.17) is 14.6 Å². The van der Waals surface area contributed by atoms with Crippen molar-refractivity contribution in [2.75, 3.05) is 34.4 Å². The highest BCUT2D eigenvalue weighted by Gasteiger charge is 2.13. The number of carboxylic acid groups (broad SMARTS) is 1. The zero-order valence-corrected chi connectivity index (χ0v) is 13.0. The van der Waals surface area contributed by atoms with Crippen LogP contribution in [0.2, 0.25) is 0 Å². The molecule has 2 rings (SSSR count). The Morgan fingerprint density at radius 2 is 2.05 bits per heavy atom. The van der Waals surface area contributed by atoms with Crippen molar-refractivity contribution >= 4 is 29.3 Å². The highest BCUT2D eigenvalue weighted by atomic mass is 35.5. The zero-order chi connectivity index (χ0) is 14.7. The summed E-state index contributed by atoms with van der Waals surface area (Å²) >= 11 is 0. The summed E-state index contributed by atoms with van der Waals surface area (Å²) in [5.41, 5.74) is 0.799. The molecule has 21 heavy (non-hydrogen) atoms. The molecule has 2 N–H and O–H groups in total. The molecule has 0 bridgehead atoms. The van der Waals surface area contributed by atoms with Gasteiger partial charge in [0.2, 0.25) is 0 Å². The number of likely N-dealkylation sites (N-methyl/N-ethyl adjacent to an activating group) is 1. The number of halogens is 1. The maximum absolute atomic E-state index is 11.0. The number of carbonyl (C=O) groups is 1. The molecular formula is C14H19ClN2O4. The SMILES string of the molecule is COc1cc(OCCN(C)C)c2[nH]c(C(=O)O)cc2c1.Cl. The van der Waals surface area contributed by atoms with Gasteiger partial charge >= 0.3 is 5.97 Å². The number of nitrogens with zero attached hydrogens (tertiary/aromatic N) is 1. The first kappa shape index (κ1) is 17.1. The molecule has 1 aromatic heterocycles. The van der Waals surface area contributed by atoms with Gasteiger partial charge in [0.15, 0.2) is 0 Å². The van der Waals surface area contributed by atoms with Crippen LogP contribution in [0.5, 0.6) is 11.5 Å². The fourth-order valence-electron chi connectivity index (χ4n) is 1.87. The number of aromatic carboxylic acids is 1. The molecule has 1 heterocycles. The predicted molar refractivity (Wildman–Crippen MR) is 83.1 cm³/mol. The number of benzene rings is 1. The first-order chi connectivity index (χ1) is 9.51. The third-order valence-corrected chi connectivity index (χ3v) is 2.93. The van der Waals surface area contributed by atoms with Crippen LogP contribution in [0.3, 0.4) is 0 Å². The Kier molecular flexibility index (Phi) is 5.87. The fourth-order valence-corrected chi connectivity index (χ4v) is 1.87. The topological polar surface area (TPSA) is 74.8 Å². The highest BCUT2D eigenvalue weighted by Crippen LogP contribution is 2.31. The third-order valence-electron chi connectivity index (χ3n) is 2.93. The van der Waals surface area contributed by atoms with Gasteiger partial charge in [-0.3, -0.25) is 0 Å². The standard InChI is InChI=1S/C14H18N2O4.ClH/c1-16(2)4-5-20-12-8-10(19-3)6-9-7-11(14(17)18)15-13(9)12;/h6-8,15H,4-5H2,1-3H3,(H,17,18);1H. The van der Waals surface area contributed by atoms with Crippen molar-refractivity contribution < 1.29 is 19.4 Å². The minimum Gasteiger partial charge on any atom is -0.497 e. The molecular weight excluding hydrogens is 296 g/mol. The van der Waals surface area contributed by atoms with Crippen LogP contribution in [0.25, 0.3) is 10.9 Å². The summed E-state index contributed by atoms with van der Waals surface area (Å²) in [7, 11) is 5.49. The van der Waals surface area contributed by atoms with Gasteiger partial charge in [0.1, 0.15) is 23.8 Å². The van der Waals surface area contributed by atoms with E-state index in [-0.39, 0.29) is 18.1 Å². The predicted octanol–water partition coefficient (Wildman–Crippen LogP) is 2.24. The lowest BCUT2D eigenvalue weighted by molar-refractivity contribution is 0.0691. The van der Waals surface area contributed by atoms with Crippen molar-refractivity contribution in [2.24, 2.45) is 0 Å². The van der Waals surface area contributed by atoms with Crippen LogP contribution >= 0.6 is 12.4 Å². The normalized spacial score (nSPS) is 10.5. The molecule has 0 aliphatic carbocycles.